The van der Waals surface area contributed by atoms with Crippen LogP contribution in [0.3, 0.4) is 0 Å². The van der Waals surface area contributed by atoms with Gasteiger partial charge in [0, 0.05) is 18.6 Å². The van der Waals surface area contributed by atoms with E-state index in [1.807, 2.05) is 30.3 Å². The maximum absolute atomic E-state index is 11.8. The lowest BCUT2D eigenvalue weighted by molar-refractivity contribution is 0.0888. The molecule has 3 N–H and O–H groups in total. The molecule has 0 aromatic heterocycles. The molecule has 1 aromatic carbocycles. The summed E-state index contributed by atoms with van der Waals surface area (Å²) in [5, 5.41) is 16.4. The Morgan fingerprint density at radius 1 is 1.21 bits per heavy atom. The Labute approximate surface area is 144 Å². The summed E-state index contributed by atoms with van der Waals surface area (Å²) in [5.74, 6) is 0.361. The Morgan fingerprint density at radius 2 is 1.88 bits per heavy atom. The average molecular weight is 334 g/mol. The van der Waals surface area contributed by atoms with Crippen molar-refractivity contribution in [1.29, 1.82) is 0 Å². The summed E-state index contributed by atoms with van der Waals surface area (Å²) in [6.07, 6.45) is 3.12. The maximum Gasteiger partial charge on any atom is 0.407 e. The highest BCUT2D eigenvalue weighted by molar-refractivity contribution is 5.67. The predicted molar refractivity (Wildman–Crippen MR) is 94.7 cm³/mol. The third-order valence-corrected chi connectivity index (χ3v) is 4.88. The first kappa shape index (κ1) is 18.7. The van der Waals surface area contributed by atoms with E-state index in [1.54, 1.807) is 0 Å². The summed E-state index contributed by atoms with van der Waals surface area (Å²) in [6, 6.07) is 10.2. The lowest BCUT2D eigenvalue weighted by atomic mass is 9.86. The molecule has 0 saturated heterocycles. The molecule has 1 atom stereocenters. The largest absolute Gasteiger partial charge is 0.445 e. The van der Waals surface area contributed by atoms with Crippen LogP contribution in [0.1, 0.15) is 45.1 Å². The van der Waals surface area contributed by atoms with E-state index in [4.69, 9.17) is 4.74 Å². The number of carbonyl (C=O) groups is 1. The minimum atomic E-state index is -0.362. The number of aliphatic hydroxyl groups is 1. The van der Waals surface area contributed by atoms with Crippen LogP contribution in [0.4, 0.5) is 4.79 Å². The number of alkyl carbamates (subject to hydrolysis) is 1. The number of ether oxygens (including phenoxy) is 1. The molecule has 1 aromatic rings. The topological polar surface area (TPSA) is 70.6 Å². The molecule has 1 aliphatic rings. The van der Waals surface area contributed by atoms with Gasteiger partial charge in [-0.25, -0.2) is 4.79 Å². The van der Waals surface area contributed by atoms with E-state index in [2.05, 4.69) is 24.5 Å². The molecule has 5 nitrogen and oxygen atoms in total. The third-order valence-electron chi connectivity index (χ3n) is 4.88. The van der Waals surface area contributed by atoms with Crippen LogP contribution in [0.2, 0.25) is 0 Å². The van der Waals surface area contributed by atoms with Gasteiger partial charge in [0.25, 0.3) is 0 Å². The first-order chi connectivity index (χ1) is 11.6. The summed E-state index contributed by atoms with van der Waals surface area (Å²) in [7, 11) is 0. The summed E-state index contributed by atoms with van der Waals surface area (Å²) in [6.45, 7) is 5.15. The van der Waals surface area contributed by atoms with E-state index in [9.17, 15) is 9.90 Å². The van der Waals surface area contributed by atoms with Crippen molar-refractivity contribution in [2.24, 2.45) is 5.92 Å². The van der Waals surface area contributed by atoms with Gasteiger partial charge in [-0.05, 0) is 24.3 Å². The molecule has 0 spiro atoms. The fourth-order valence-electron chi connectivity index (χ4n) is 3.12. The van der Waals surface area contributed by atoms with Crippen molar-refractivity contribution < 1.29 is 14.6 Å². The number of benzene rings is 1. The first-order valence-electron chi connectivity index (χ1n) is 9.01. The van der Waals surface area contributed by atoms with Gasteiger partial charge < -0.3 is 20.5 Å². The SMILES string of the molecule is CCC(CC)C(O)CNC1CC(NC(=O)OCc2ccccc2)C1. The molecule has 5 heteroatoms. The number of hydrogen-bond donors (Lipinski definition) is 3. The van der Waals surface area contributed by atoms with Gasteiger partial charge in [-0.3, -0.25) is 0 Å². The van der Waals surface area contributed by atoms with E-state index < -0.39 is 0 Å². The molecule has 24 heavy (non-hydrogen) atoms. The fourth-order valence-corrected chi connectivity index (χ4v) is 3.12. The Balaban J connectivity index is 1.56. The Bertz CT molecular complexity index is 485. The van der Waals surface area contributed by atoms with Gasteiger partial charge in [-0.2, -0.15) is 0 Å². The highest BCUT2D eigenvalue weighted by Crippen LogP contribution is 2.21. The second kappa shape index (κ2) is 9.64. The number of carbonyl (C=O) groups excluding carboxylic acids is 1. The minimum Gasteiger partial charge on any atom is -0.445 e. The summed E-state index contributed by atoms with van der Waals surface area (Å²) >= 11 is 0. The van der Waals surface area contributed by atoms with Crippen molar-refractivity contribution in [1.82, 2.24) is 10.6 Å². The molecule has 1 fully saturated rings. The van der Waals surface area contributed by atoms with Gasteiger partial charge in [0.1, 0.15) is 6.61 Å². The Kier molecular flexibility index (Phi) is 7.53. The second-order valence-corrected chi connectivity index (χ2v) is 6.62. The van der Waals surface area contributed by atoms with Crippen molar-refractivity contribution >= 4 is 6.09 Å². The van der Waals surface area contributed by atoms with Crippen LogP contribution in [0.15, 0.2) is 30.3 Å². The normalized spacial score (nSPS) is 21.2. The van der Waals surface area contributed by atoms with E-state index in [0.717, 1.165) is 31.2 Å². The summed E-state index contributed by atoms with van der Waals surface area (Å²) in [5.41, 5.74) is 0.983. The zero-order chi connectivity index (χ0) is 17.4. The molecular formula is C19H30N2O3. The van der Waals surface area contributed by atoms with Crippen molar-refractivity contribution in [2.45, 2.75) is 64.3 Å². The van der Waals surface area contributed by atoms with Gasteiger partial charge >= 0.3 is 6.09 Å². The number of amides is 1. The second-order valence-electron chi connectivity index (χ2n) is 6.62. The average Bonchev–Trinajstić information content (AvgIpc) is 2.57. The van der Waals surface area contributed by atoms with Crippen molar-refractivity contribution in [3.05, 3.63) is 35.9 Å². The quantitative estimate of drug-likeness (QED) is 0.649. The van der Waals surface area contributed by atoms with Gasteiger partial charge in [0.2, 0.25) is 0 Å². The zero-order valence-corrected chi connectivity index (χ0v) is 14.7. The first-order valence-corrected chi connectivity index (χ1v) is 9.01. The van der Waals surface area contributed by atoms with Gasteiger partial charge in [0.15, 0.2) is 0 Å². The molecule has 0 aliphatic heterocycles. The van der Waals surface area contributed by atoms with Gasteiger partial charge in [-0.15, -0.1) is 0 Å². The minimum absolute atomic E-state index is 0.163. The summed E-state index contributed by atoms with van der Waals surface area (Å²) in [4.78, 5) is 11.8. The van der Waals surface area contributed by atoms with E-state index in [1.165, 1.54) is 0 Å². The van der Waals surface area contributed by atoms with Crippen LogP contribution >= 0.6 is 0 Å². The lowest BCUT2D eigenvalue weighted by Crippen LogP contribution is -2.54. The van der Waals surface area contributed by atoms with Gasteiger partial charge in [0.05, 0.1) is 6.10 Å². The highest BCUT2D eigenvalue weighted by Gasteiger charge is 2.31. The number of hydrogen-bond acceptors (Lipinski definition) is 4. The number of nitrogens with one attached hydrogen (secondary N) is 2. The molecule has 1 saturated carbocycles. The number of rotatable bonds is 9. The molecular weight excluding hydrogens is 304 g/mol. The Morgan fingerprint density at radius 3 is 2.50 bits per heavy atom. The number of aliphatic hydroxyl groups excluding tert-OH is 1. The molecule has 1 unspecified atom stereocenters. The Hall–Kier alpha value is -1.59. The van der Waals surface area contributed by atoms with E-state index in [0.29, 0.717) is 25.1 Å². The standard InChI is InChI=1S/C19H30N2O3/c1-3-15(4-2)18(22)12-20-16-10-17(11-16)21-19(23)24-13-14-8-6-5-7-9-14/h5-9,15-18,20,22H,3-4,10-13H2,1-2H3,(H,21,23). The van der Waals surface area contributed by atoms with Crippen LogP contribution in [0.5, 0.6) is 0 Å². The smallest absolute Gasteiger partial charge is 0.407 e. The highest BCUT2D eigenvalue weighted by atomic mass is 16.5. The summed E-state index contributed by atoms with van der Waals surface area (Å²) < 4.78 is 5.22. The monoisotopic (exact) mass is 334 g/mol. The zero-order valence-electron chi connectivity index (χ0n) is 14.7. The molecule has 0 radical (unpaired) electrons. The van der Waals surface area contributed by atoms with Crippen molar-refractivity contribution in [2.75, 3.05) is 6.54 Å². The fraction of sp³-hybridized carbons (Fsp3) is 0.632. The lowest BCUT2D eigenvalue weighted by Gasteiger charge is -2.37. The molecule has 1 amide bonds. The van der Waals surface area contributed by atoms with Crippen molar-refractivity contribution in [3.8, 4) is 0 Å². The van der Waals surface area contributed by atoms with Crippen LogP contribution in [0.25, 0.3) is 0 Å². The van der Waals surface area contributed by atoms with E-state index in [-0.39, 0.29) is 18.2 Å². The molecule has 2 rings (SSSR count). The van der Waals surface area contributed by atoms with Crippen LogP contribution in [-0.2, 0) is 11.3 Å². The molecule has 134 valence electrons. The van der Waals surface area contributed by atoms with Gasteiger partial charge in [-0.1, -0.05) is 57.0 Å². The van der Waals surface area contributed by atoms with Crippen LogP contribution in [-0.4, -0.2) is 35.9 Å². The molecule has 1 aliphatic carbocycles. The third kappa shape index (κ3) is 5.80. The van der Waals surface area contributed by atoms with Crippen molar-refractivity contribution in [3.63, 3.8) is 0 Å². The molecule has 0 heterocycles. The predicted octanol–water partition coefficient (Wildman–Crippen LogP) is 2.83. The molecule has 0 bridgehead atoms. The maximum atomic E-state index is 11.8. The van der Waals surface area contributed by atoms with E-state index >= 15 is 0 Å². The van der Waals surface area contributed by atoms with Crippen LogP contribution in [0, 0.1) is 5.92 Å². The van der Waals surface area contributed by atoms with Crippen LogP contribution < -0.4 is 10.6 Å².